The maximum atomic E-state index is 13.6. The second kappa shape index (κ2) is 11.3. The largest absolute Gasteiger partial charge is 0.494 e. The van der Waals surface area contributed by atoms with Crippen molar-refractivity contribution in [1.29, 1.82) is 0 Å². The molecule has 2 atom stereocenters. The van der Waals surface area contributed by atoms with E-state index < -0.39 is 11.6 Å². The first-order chi connectivity index (χ1) is 16.3. The van der Waals surface area contributed by atoms with Gasteiger partial charge in [0.15, 0.2) is 11.6 Å². The number of hydrogen-bond donors (Lipinski definition) is 2. The smallest absolute Gasteiger partial charge is 0.252 e. The van der Waals surface area contributed by atoms with E-state index in [4.69, 9.17) is 19.6 Å². The number of nitrogens with zero attached hydrogens (tertiary/aromatic N) is 1. The van der Waals surface area contributed by atoms with Gasteiger partial charge in [0.2, 0.25) is 5.90 Å². The number of rotatable bonds is 11. The molecule has 2 N–H and O–H groups in total. The molecule has 2 aromatic rings. The van der Waals surface area contributed by atoms with E-state index in [1.807, 2.05) is 54.6 Å². The molecule has 182 valence electrons. The summed E-state index contributed by atoms with van der Waals surface area (Å²) in [5.74, 6) is 0.959. The Kier molecular flexibility index (Phi) is 8.51. The van der Waals surface area contributed by atoms with Crippen molar-refractivity contribution in [2.24, 2.45) is 10.4 Å². The zero-order chi connectivity index (χ0) is 24.6. The average Bonchev–Trinajstić information content (AvgIpc) is 3.20. The molecule has 0 unspecified atom stereocenters. The zero-order valence-corrected chi connectivity index (χ0v) is 20.4. The molecule has 6 nitrogen and oxygen atoms in total. The molecule has 0 aliphatic carbocycles. The fraction of sp³-hybridized carbons (Fsp3) is 0.429. The van der Waals surface area contributed by atoms with Crippen LogP contribution in [-0.2, 0) is 9.53 Å². The fourth-order valence-corrected chi connectivity index (χ4v) is 3.87. The van der Waals surface area contributed by atoms with Crippen LogP contribution < -0.4 is 10.1 Å². The number of aliphatic hydroxyl groups excluding tert-OH is 1. The van der Waals surface area contributed by atoms with Gasteiger partial charge < -0.3 is 19.9 Å². The third-order valence-corrected chi connectivity index (χ3v) is 5.75. The number of amides is 1. The van der Waals surface area contributed by atoms with Gasteiger partial charge in [0.25, 0.3) is 5.91 Å². The summed E-state index contributed by atoms with van der Waals surface area (Å²) in [4.78, 5) is 18.5. The Morgan fingerprint density at radius 1 is 1.21 bits per heavy atom. The summed E-state index contributed by atoms with van der Waals surface area (Å²) in [7, 11) is 0. The molecule has 1 aliphatic rings. The van der Waals surface area contributed by atoms with E-state index in [0.29, 0.717) is 37.6 Å². The number of aliphatic hydroxyl groups is 1. The van der Waals surface area contributed by atoms with Crippen LogP contribution in [0.4, 0.5) is 0 Å². The monoisotopic (exact) mass is 464 g/mol. The number of carbonyl (C=O) groups is 1. The van der Waals surface area contributed by atoms with Crippen LogP contribution in [0.1, 0.15) is 57.3 Å². The minimum atomic E-state index is -1.15. The van der Waals surface area contributed by atoms with E-state index in [1.165, 1.54) is 0 Å². The number of hydrogen-bond acceptors (Lipinski definition) is 5. The first-order valence-electron chi connectivity index (χ1n) is 11.8. The number of carbonyl (C=O) groups excluding carboxylic acids is 1. The summed E-state index contributed by atoms with van der Waals surface area (Å²) in [6.07, 6.45) is 2.93. The van der Waals surface area contributed by atoms with Gasteiger partial charge in [0, 0.05) is 31.6 Å². The van der Waals surface area contributed by atoms with Crippen molar-refractivity contribution in [2.45, 2.75) is 51.7 Å². The molecule has 0 bridgehead atoms. The predicted molar refractivity (Wildman–Crippen MR) is 135 cm³/mol. The molecular weight excluding hydrogens is 428 g/mol. The van der Waals surface area contributed by atoms with Crippen molar-refractivity contribution in [3.8, 4) is 5.75 Å². The Morgan fingerprint density at radius 3 is 2.53 bits per heavy atom. The van der Waals surface area contributed by atoms with E-state index in [1.54, 1.807) is 6.08 Å². The lowest BCUT2D eigenvalue weighted by Crippen LogP contribution is -2.48. The Bertz CT molecular complexity index is 980. The Morgan fingerprint density at radius 2 is 1.91 bits per heavy atom. The highest BCUT2D eigenvalue weighted by atomic mass is 16.5. The summed E-state index contributed by atoms with van der Waals surface area (Å²) in [6, 6.07) is 17.2. The van der Waals surface area contributed by atoms with Crippen molar-refractivity contribution >= 4 is 11.8 Å². The van der Waals surface area contributed by atoms with Gasteiger partial charge in [-0.25, -0.2) is 4.99 Å². The van der Waals surface area contributed by atoms with Crippen molar-refractivity contribution < 1.29 is 19.4 Å². The minimum absolute atomic E-state index is 0.0901. The first kappa shape index (κ1) is 25.5. The SMILES string of the molecule is C=CC[C@@]1(C(=O)NCCC(C)(C)C)N=C(c2ccc(OCCCO)cc2)O[C@@H]1c1ccccc1. The van der Waals surface area contributed by atoms with Crippen LogP contribution >= 0.6 is 0 Å². The van der Waals surface area contributed by atoms with E-state index in [9.17, 15) is 4.79 Å². The molecule has 0 saturated heterocycles. The molecule has 2 aromatic carbocycles. The summed E-state index contributed by atoms with van der Waals surface area (Å²) in [5, 5.41) is 12.0. The van der Waals surface area contributed by atoms with Crippen LogP contribution in [0.3, 0.4) is 0 Å². The molecule has 6 heteroatoms. The topological polar surface area (TPSA) is 80.2 Å². The van der Waals surface area contributed by atoms with Crippen LogP contribution in [0.15, 0.2) is 72.2 Å². The molecular formula is C28H36N2O4. The molecule has 1 heterocycles. The number of aliphatic imine (C=N–C) groups is 1. The average molecular weight is 465 g/mol. The predicted octanol–water partition coefficient (Wildman–Crippen LogP) is 4.83. The zero-order valence-electron chi connectivity index (χ0n) is 20.4. The normalized spacial score (nSPS) is 19.8. The van der Waals surface area contributed by atoms with Crippen LogP contribution in [0.2, 0.25) is 0 Å². The summed E-state index contributed by atoms with van der Waals surface area (Å²) >= 11 is 0. The number of benzene rings is 2. The van der Waals surface area contributed by atoms with Crippen LogP contribution in [-0.4, -0.2) is 42.2 Å². The lowest BCUT2D eigenvalue weighted by molar-refractivity contribution is -0.128. The molecule has 0 fully saturated rings. The first-order valence-corrected chi connectivity index (χ1v) is 11.8. The van der Waals surface area contributed by atoms with Gasteiger partial charge in [0.1, 0.15) is 5.75 Å². The van der Waals surface area contributed by atoms with Gasteiger partial charge in [-0.1, -0.05) is 57.2 Å². The number of ether oxygens (including phenoxy) is 2. The van der Waals surface area contributed by atoms with E-state index in [2.05, 4.69) is 32.7 Å². The second-order valence-corrected chi connectivity index (χ2v) is 9.76. The quantitative estimate of drug-likeness (QED) is 0.369. The Hall–Kier alpha value is -3.12. The lowest BCUT2D eigenvalue weighted by Gasteiger charge is -2.30. The van der Waals surface area contributed by atoms with Crippen LogP contribution in [0, 0.1) is 5.41 Å². The van der Waals surface area contributed by atoms with E-state index >= 15 is 0 Å². The molecule has 3 rings (SSSR count). The van der Waals surface area contributed by atoms with E-state index in [0.717, 1.165) is 17.5 Å². The maximum absolute atomic E-state index is 13.6. The van der Waals surface area contributed by atoms with Crippen LogP contribution in [0.5, 0.6) is 5.75 Å². The van der Waals surface area contributed by atoms with Gasteiger partial charge in [-0.15, -0.1) is 6.58 Å². The van der Waals surface area contributed by atoms with Crippen molar-refractivity contribution in [1.82, 2.24) is 5.32 Å². The molecule has 0 spiro atoms. The van der Waals surface area contributed by atoms with Crippen molar-refractivity contribution in [3.05, 3.63) is 78.4 Å². The highest BCUT2D eigenvalue weighted by Gasteiger charge is 2.52. The van der Waals surface area contributed by atoms with Crippen LogP contribution in [0.25, 0.3) is 0 Å². The third-order valence-electron chi connectivity index (χ3n) is 5.75. The molecule has 1 aliphatic heterocycles. The van der Waals surface area contributed by atoms with Gasteiger partial charge in [0.05, 0.1) is 6.61 Å². The Balaban J connectivity index is 1.91. The van der Waals surface area contributed by atoms with Gasteiger partial charge in [-0.05, 0) is 41.7 Å². The van der Waals surface area contributed by atoms with Gasteiger partial charge in [-0.2, -0.15) is 0 Å². The van der Waals surface area contributed by atoms with Gasteiger partial charge in [-0.3, -0.25) is 4.79 Å². The summed E-state index contributed by atoms with van der Waals surface area (Å²) < 4.78 is 12.0. The molecule has 1 amide bonds. The maximum Gasteiger partial charge on any atom is 0.252 e. The molecule has 0 aromatic heterocycles. The summed E-state index contributed by atoms with van der Waals surface area (Å²) in [5.41, 5.74) is 0.619. The lowest BCUT2D eigenvalue weighted by atomic mass is 9.84. The highest BCUT2D eigenvalue weighted by Crippen LogP contribution is 2.42. The third kappa shape index (κ3) is 6.26. The van der Waals surface area contributed by atoms with E-state index in [-0.39, 0.29) is 17.9 Å². The molecule has 0 saturated carbocycles. The Labute approximate surface area is 202 Å². The highest BCUT2D eigenvalue weighted by molar-refractivity contribution is 6.01. The molecule has 34 heavy (non-hydrogen) atoms. The standard InChI is InChI=1S/C28H36N2O4/c1-5-16-28(26(32)29-18-17-27(2,3)4)24(21-10-7-6-8-11-21)34-25(30-28)22-12-14-23(15-13-22)33-20-9-19-31/h5-8,10-15,24,31H,1,9,16-20H2,2-4H3,(H,29,32)/t24-,28-/m1/s1. The minimum Gasteiger partial charge on any atom is -0.494 e. The molecule has 0 radical (unpaired) electrons. The van der Waals surface area contributed by atoms with Gasteiger partial charge >= 0.3 is 0 Å². The van der Waals surface area contributed by atoms with Crippen molar-refractivity contribution in [2.75, 3.05) is 19.8 Å². The summed E-state index contributed by atoms with van der Waals surface area (Å²) in [6.45, 7) is 11.5. The number of nitrogens with one attached hydrogen (secondary N) is 1. The van der Waals surface area contributed by atoms with Crippen molar-refractivity contribution in [3.63, 3.8) is 0 Å². The second-order valence-electron chi connectivity index (χ2n) is 9.76. The fourth-order valence-electron chi connectivity index (χ4n) is 3.87.